The summed E-state index contributed by atoms with van der Waals surface area (Å²) in [6.45, 7) is 9.29. The van der Waals surface area contributed by atoms with E-state index in [0.29, 0.717) is 11.9 Å². The maximum atomic E-state index is 11.7. The van der Waals surface area contributed by atoms with E-state index in [1.165, 1.54) is 0 Å². The lowest BCUT2D eigenvalue weighted by molar-refractivity contribution is -0.127. The highest BCUT2D eigenvalue weighted by Gasteiger charge is 2.26. The van der Waals surface area contributed by atoms with Crippen LogP contribution in [0.4, 0.5) is 0 Å². The van der Waals surface area contributed by atoms with Crippen molar-refractivity contribution in [2.45, 2.75) is 32.4 Å². The predicted octanol–water partition coefficient (Wildman–Crippen LogP) is 0.549. The molecule has 3 rings (SSSR count). The summed E-state index contributed by atoms with van der Waals surface area (Å²) in [4.78, 5) is 23.1. The van der Waals surface area contributed by atoms with E-state index in [-0.39, 0.29) is 0 Å². The summed E-state index contributed by atoms with van der Waals surface area (Å²) in [7, 11) is 2.05. The zero-order chi connectivity index (χ0) is 15.5. The van der Waals surface area contributed by atoms with Crippen LogP contribution in [0.2, 0.25) is 0 Å². The third kappa shape index (κ3) is 3.50. The molecule has 0 aliphatic carbocycles. The Kier molecular flexibility index (Phi) is 4.78. The number of aryl methyl sites for hydroxylation is 1. The van der Waals surface area contributed by atoms with Crippen LogP contribution in [0.15, 0.2) is 12.4 Å². The Labute approximate surface area is 132 Å². The highest BCUT2D eigenvalue weighted by Crippen LogP contribution is 2.14. The Hall–Kier alpha value is -1.40. The Morgan fingerprint density at radius 2 is 2.14 bits per heavy atom. The van der Waals surface area contributed by atoms with Crippen LogP contribution >= 0.6 is 0 Å². The lowest BCUT2D eigenvalue weighted by atomic mass is 10.2. The molecular formula is C16H27N5O. The molecule has 0 unspecified atom stereocenters. The van der Waals surface area contributed by atoms with Crippen LogP contribution in [0.1, 0.15) is 25.6 Å². The van der Waals surface area contributed by atoms with Gasteiger partial charge in [-0.3, -0.25) is 14.6 Å². The second-order valence-corrected chi connectivity index (χ2v) is 6.56. The number of hydrogen-bond acceptors (Lipinski definition) is 4. The average Bonchev–Trinajstić information content (AvgIpc) is 3.08. The topological polar surface area (TPSA) is 44.6 Å². The number of imidazole rings is 1. The Balaban J connectivity index is 1.45. The van der Waals surface area contributed by atoms with Gasteiger partial charge < -0.3 is 9.47 Å². The fourth-order valence-corrected chi connectivity index (χ4v) is 3.44. The standard InChI is InChI=1S/C16H27N5O/c1-14-12-19(8-10-20-6-3-4-16(20)22)9-11-21(14)13-15-17-5-7-18(15)2/h5,7,14H,3-4,6,8-13H2,1-2H3/t14-/m0/s1. The quantitative estimate of drug-likeness (QED) is 0.797. The molecular weight excluding hydrogens is 278 g/mol. The van der Waals surface area contributed by atoms with Crippen molar-refractivity contribution in [2.24, 2.45) is 7.05 Å². The van der Waals surface area contributed by atoms with Gasteiger partial charge in [-0.1, -0.05) is 0 Å². The number of piperazine rings is 1. The highest BCUT2D eigenvalue weighted by molar-refractivity contribution is 5.78. The van der Waals surface area contributed by atoms with Gasteiger partial charge in [0, 0.05) is 71.2 Å². The lowest BCUT2D eigenvalue weighted by Crippen LogP contribution is -2.53. The number of nitrogens with zero attached hydrogens (tertiary/aromatic N) is 5. The second-order valence-electron chi connectivity index (χ2n) is 6.56. The van der Waals surface area contributed by atoms with E-state index in [9.17, 15) is 4.79 Å². The molecule has 2 aliphatic heterocycles. The second kappa shape index (κ2) is 6.79. The fraction of sp³-hybridized carbons (Fsp3) is 0.750. The summed E-state index contributed by atoms with van der Waals surface area (Å²) in [5.74, 6) is 1.46. The molecule has 0 radical (unpaired) electrons. The van der Waals surface area contributed by atoms with Crippen molar-refractivity contribution in [2.75, 3.05) is 39.3 Å². The first-order valence-electron chi connectivity index (χ1n) is 8.34. The molecule has 0 saturated carbocycles. The van der Waals surface area contributed by atoms with Crippen molar-refractivity contribution in [3.8, 4) is 0 Å². The third-order valence-corrected chi connectivity index (χ3v) is 4.97. The first kappa shape index (κ1) is 15.5. The number of carbonyl (C=O) groups excluding carboxylic acids is 1. The fourth-order valence-electron chi connectivity index (χ4n) is 3.44. The number of amides is 1. The average molecular weight is 305 g/mol. The number of carbonyl (C=O) groups is 1. The van der Waals surface area contributed by atoms with Crippen molar-refractivity contribution < 1.29 is 4.79 Å². The van der Waals surface area contributed by atoms with Crippen LogP contribution in [-0.4, -0.2) is 75.5 Å². The van der Waals surface area contributed by atoms with Gasteiger partial charge in [-0.15, -0.1) is 0 Å². The van der Waals surface area contributed by atoms with Gasteiger partial charge in [0.25, 0.3) is 0 Å². The minimum atomic E-state index is 0.335. The van der Waals surface area contributed by atoms with Gasteiger partial charge >= 0.3 is 0 Å². The summed E-state index contributed by atoms with van der Waals surface area (Å²) in [5.41, 5.74) is 0. The monoisotopic (exact) mass is 305 g/mol. The van der Waals surface area contributed by atoms with Crippen LogP contribution in [0, 0.1) is 0 Å². The molecule has 22 heavy (non-hydrogen) atoms. The number of rotatable bonds is 5. The minimum absolute atomic E-state index is 0.335. The van der Waals surface area contributed by atoms with Gasteiger partial charge in [0.2, 0.25) is 5.91 Å². The van der Waals surface area contributed by atoms with E-state index in [0.717, 1.165) is 64.5 Å². The number of likely N-dealkylation sites (tertiary alicyclic amines) is 1. The van der Waals surface area contributed by atoms with Crippen molar-refractivity contribution in [1.29, 1.82) is 0 Å². The summed E-state index contributed by atoms with van der Waals surface area (Å²) < 4.78 is 2.10. The molecule has 1 aromatic rings. The molecule has 2 saturated heterocycles. The van der Waals surface area contributed by atoms with E-state index in [4.69, 9.17) is 0 Å². The number of aromatic nitrogens is 2. The molecule has 3 heterocycles. The molecule has 1 amide bonds. The van der Waals surface area contributed by atoms with Gasteiger partial charge in [-0.25, -0.2) is 4.98 Å². The van der Waals surface area contributed by atoms with E-state index in [2.05, 4.69) is 33.3 Å². The molecule has 0 spiro atoms. The molecule has 6 heteroatoms. The largest absolute Gasteiger partial charge is 0.341 e. The molecule has 0 N–H and O–H groups in total. The van der Waals surface area contributed by atoms with E-state index in [1.54, 1.807) is 0 Å². The molecule has 6 nitrogen and oxygen atoms in total. The zero-order valence-electron chi connectivity index (χ0n) is 13.7. The number of hydrogen-bond donors (Lipinski definition) is 0. The summed E-state index contributed by atoms with van der Waals surface area (Å²) >= 11 is 0. The summed E-state index contributed by atoms with van der Waals surface area (Å²) in [6, 6.07) is 0.528. The van der Waals surface area contributed by atoms with E-state index >= 15 is 0 Å². The van der Waals surface area contributed by atoms with Crippen LogP contribution < -0.4 is 0 Å². The van der Waals surface area contributed by atoms with Crippen LogP contribution in [-0.2, 0) is 18.4 Å². The molecule has 2 fully saturated rings. The molecule has 0 aromatic carbocycles. The predicted molar refractivity (Wildman–Crippen MR) is 85.3 cm³/mol. The van der Waals surface area contributed by atoms with Gasteiger partial charge in [-0.05, 0) is 13.3 Å². The molecule has 122 valence electrons. The first-order chi connectivity index (χ1) is 10.6. The van der Waals surface area contributed by atoms with Gasteiger partial charge in [-0.2, -0.15) is 0 Å². The van der Waals surface area contributed by atoms with E-state index < -0.39 is 0 Å². The van der Waals surface area contributed by atoms with Crippen LogP contribution in [0.25, 0.3) is 0 Å². The summed E-state index contributed by atoms with van der Waals surface area (Å²) in [5, 5.41) is 0. The maximum absolute atomic E-state index is 11.7. The van der Waals surface area contributed by atoms with Crippen molar-refractivity contribution in [3.05, 3.63) is 18.2 Å². The molecule has 1 aromatic heterocycles. The van der Waals surface area contributed by atoms with Gasteiger partial charge in [0.15, 0.2) is 0 Å². The van der Waals surface area contributed by atoms with E-state index in [1.807, 2.05) is 17.3 Å². The van der Waals surface area contributed by atoms with Crippen molar-refractivity contribution >= 4 is 5.91 Å². The molecule has 1 atom stereocenters. The van der Waals surface area contributed by atoms with Crippen molar-refractivity contribution in [3.63, 3.8) is 0 Å². The first-order valence-corrected chi connectivity index (χ1v) is 8.34. The van der Waals surface area contributed by atoms with Gasteiger partial charge in [0.1, 0.15) is 5.82 Å². The van der Waals surface area contributed by atoms with Crippen LogP contribution in [0.3, 0.4) is 0 Å². The smallest absolute Gasteiger partial charge is 0.222 e. The van der Waals surface area contributed by atoms with Gasteiger partial charge in [0.05, 0.1) is 6.54 Å². The minimum Gasteiger partial charge on any atom is -0.341 e. The summed E-state index contributed by atoms with van der Waals surface area (Å²) in [6.07, 6.45) is 5.65. The SMILES string of the molecule is C[C@H]1CN(CCN2CCCC2=O)CCN1Cc1nccn1C. The highest BCUT2D eigenvalue weighted by atomic mass is 16.2. The maximum Gasteiger partial charge on any atom is 0.222 e. The van der Waals surface area contributed by atoms with Crippen molar-refractivity contribution in [1.82, 2.24) is 24.3 Å². The molecule has 0 bridgehead atoms. The third-order valence-electron chi connectivity index (χ3n) is 4.97. The Morgan fingerprint density at radius 1 is 1.27 bits per heavy atom. The lowest BCUT2D eigenvalue weighted by Gasteiger charge is -2.40. The zero-order valence-corrected chi connectivity index (χ0v) is 13.7. The Morgan fingerprint density at radius 3 is 2.77 bits per heavy atom. The Bertz CT molecular complexity index is 514. The molecule has 2 aliphatic rings. The normalized spacial score (nSPS) is 24.4. The van der Waals surface area contributed by atoms with Crippen LogP contribution in [0.5, 0.6) is 0 Å².